The minimum Gasteiger partial charge on any atom is -0.497 e. The summed E-state index contributed by atoms with van der Waals surface area (Å²) in [4.78, 5) is 27.3. The van der Waals surface area contributed by atoms with E-state index >= 15 is 0 Å². The molecule has 6 heteroatoms. The van der Waals surface area contributed by atoms with Gasteiger partial charge in [-0.3, -0.25) is 9.59 Å². The summed E-state index contributed by atoms with van der Waals surface area (Å²) in [5, 5.41) is 4.72. The third kappa shape index (κ3) is 5.46. The first-order valence-corrected chi connectivity index (χ1v) is 9.19. The van der Waals surface area contributed by atoms with Crippen molar-refractivity contribution in [2.45, 2.75) is 26.4 Å². The van der Waals surface area contributed by atoms with Crippen molar-refractivity contribution < 1.29 is 14.3 Å². The van der Waals surface area contributed by atoms with Gasteiger partial charge in [0.05, 0.1) is 13.7 Å². The number of benzene rings is 1. The number of aryl methyl sites for hydroxylation is 1. The summed E-state index contributed by atoms with van der Waals surface area (Å²) in [7, 11) is 3.35. The number of thiophene rings is 1. The van der Waals surface area contributed by atoms with Crippen LogP contribution >= 0.6 is 11.3 Å². The van der Waals surface area contributed by atoms with Gasteiger partial charge < -0.3 is 15.0 Å². The molecule has 1 aromatic heterocycles. The zero-order chi connectivity index (χ0) is 19.1. The van der Waals surface area contributed by atoms with Crippen molar-refractivity contribution in [1.82, 2.24) is 10.2 Å². The van der Waals surface area contributed by atoms with E-state index in [2.05, 4.69) is 5.32 Å². The Hall–Kier alpha value is -2.60. The Morgan fingerprint density at radius 2 is 1.96 bits per heavy atom. The van der Waals surface area contributed by atoms with Gasteiger partial charge in [-0.25, -0.2) is 0 Å². The molecule has 0 saturated carbocycles. The van der Waals surface area contributed by atoms with Crippen molar-refractivity contribution in [3.05, 3.63) is 57.8 Å². The highest BCUT2D eigenvalue weighted by Gasteiger charge is 2.19. The van der Waals surface area contributed by atoms with Gasteiger partial charge in [0.15, 0.2) is 0 Å². The van der Waals surface area contributed by atoms with Gasteiger partial charge in [-0.05, 0) is 54.6 Å². The Balaban J connectivity index is 1.87. The van der Waals surface area contributed by atoms with Crippen LogP contribution in [0.25, 0.3) is 6.08 Å². The van der Waals surface area contributed by atoms with Gasteiger partial charge in [0.2, 0.25) is 11.8 Å². The van der Waals surface area contributed by atoms with Crippen LogP contribution in [-0.4, -0.2) is 36.9 Å². The lowest BCUT2D eigenvalue weighted by Crippen LogP contribution is -2.44. The van der Waals surface area contributed by atoms with E-state index in [1.165, 1.54) is 11.6 Å². The number of nitrogens with zero attached hydrogens (tertiary/aromatic N) is 1. The summed E-state index contributed by atoms with van der Waals surface area (Å²) >= 11 is 1.63. The van der Waals surface area contributed by atoms with Crippen LogP contribution in [0.1, 0.15) is 22.9 Å². The van der Waals surface area contributed by atoms with Crippen LogP contribution in [0.3, 0.4) is 0 Å². The van der Waals surface area contributed by atoms with Crippen LogP contribution < -0.4 is 10.1 Å². The number of carbonyl (C=O) groups is 2. The van der Waals surface area contributed by atoms with E-state index in [-0.39, 0.29) is 11.8 Å². The van der Waals surface area contributed by atoms with Crippen LogP contribution in [0.4, 0.5) is 0 Å². The molecule has 1 heterocycles. The van der Waals surface area contributed by atoms with Crippen molar-refractivity contribution in [2.75, 3.05) is 14.2 Å². The molecule has 0 spiro atoms. The fraction of sp³-hybridized carbons (Fsp3) is 0.300. The summed E-state index contributed by atoms with van der Waals surface area (Å²) < 4.78 is 5.10. The molecule has 0 fully saturated rings. The van der Waals surface area contributed by atoms with E-state index in [0.717, 1.165) is 16.2 Å². The largest absolute Gasteiger partial charge is 0.497 e. The van der Waals surface area contributed by atoms with Gasteiger partial charge in [0.25, 0.3) is 0 Å². The highest BCUT2D eigenvalue weighted by molar-refractivity contribution is 7.10. The average molecular weight is 372 g/mol. The minimum atomic E-state index is -0.590. The normalized spacial score (nSPS) is 12.0. The molecular formula is C20H24N2O3S. The molecule has 5 nitrogen and oxygen atoms in total. The third-order valence-electron chi connectivity index (χ3n) is 4.00. The quantitative estimate of drug-likeness (QED) is 0.759. The number of carbonyl (C=O) groups excluding carboxylic acids is 2. The highest BCUT2D eigenvalue weighted by atomic mass is 32.1. The predicted octanol–water partition coefficient (Wildman–Crippen LogP) is 3.24. The number of nitrogens with one attached hydrogen (secondary N) is 1. The molecule has 2 amide bonds. The second-order valence-electron chi connectivity index (χ2n) is 6.06. The summed E-state index contributed by atoms with van der Waals surface area (Å²) in [6.07, 6.45) is 3.12. The van der Waals surface area contributed by atoms with E-state index in [4.69, 9.17) is 4.74 Å². The molecule has 26 heavy (non-hydrogen) atoms. The molecule has 138 valence electrons. The van der Waals surface area contributed by atoms with Gasteiger partial charge in [-0.1, -0.05) is 12.1 Å². The molecule has 0 bridgehead atoms. The fourth-order valence-electron chi connectivity index (χ4n) is 2.40. The number of ether oxygens (including phenoxy) is 1. The Morgan fingerprint density at radius 3 is 2.54 bits per heavy atom. The number of hydrogen-bond donors (Lipinski definition) is 1. The second-order valence-corrected chi connectivity index (χ2v) is 7.06. The Bertz CT molecular complexity index is 781. The number of hydrogen-bond acceptors (Lipinski definition) is 4. The molecule has 1 aromatic carbocycles. The topological polar surface area (TPSA) is 58.6 Å². The minimum absolute atomic E-state index is 0.121. The lowest BCUT2D eigenvalue weighted by Gasteiger charge is -2.21. The molecule has 1 atom stereocenters. The van der Waals surface area contributed by atoms with Crippen molar-refractivity contribution in [3.8, 4) is 5.75 Å². The molecule has 0 aliphatic rings. The standard InChI is InChI=1S/C20H24N2O3S/c1-14-11-12-26-18(14)13-22(3)20(24)15(2)21-19(23)10-7-16-5-8-17(25-4)9-6-16/h5-12,15H,13H2,1-4H3,(H,21,23)/b10-7+. The van der Waals surface area contributed by atoms with Gasteiger partial charge in [-0.15, -0.1) is 11.3 Å². The summed E-state index contributed by atoms with van der Waals surface area (Å²) in [5.74, 6) is 0.334. The molecule has 0 saturated heterocycles. The zero-order valence-electron chi connectivity index (χ0n) is 15.5. The van der Waals surface area contributed by atoms with E-state index in [9.17, 15) is 9.59 Å². The maximum atomic E-state index is 12.4. The number of amides is 2. The second kappa shape index (κ2) is 9.20. The molecule has 1 unspecified atom stereocenters. The molecule has 2 rings (SSSR count). The van der Waals surface area contributed by atoms with E-state index in [1.54, 1.807) is 43.4 Å². The lowest BCUT2D eigenvalue weighted by atomic mass is 10.2. The van der Waals surface area contributed by atoms with Gasteiger partial charge in [0, 0.05) is 18.0 Å². The molecule has 2 aromatic rings. The van der Waals surface area contributed by atoms with Crippen LogP contribution in [0, 0.1) is 6.92 Å². The Labute approximate surface area is 158 Å². The number of rotatable bonds is 7. The predicted molar refractivity (Wildman–Crippen MR) is 105 cm³/mol. The molecule has 1 N–H and O–H groups in total. The molecule has 0 aliphatic carbocycles. The Kier molecular flexibility index (Phi) is 6.97. The SMILES string of the molecule is COc1ccc(/C=C/C(=O)NC(C)C(=O)N(C)Cc2sccc2C)cc1. The van der Waals surface area contributed by atoms with E-state index < -0.39 is 6.04 Å². The first-order valence-electron chi connectivity index (χ1n) is 8.31. The van der Waals surface area contributed by atoms with Gasteiger partial charge in [0.1, 0.15) is 11.8 Å². The first-order chi connectivity index (χ1) is 12.4. The third-order valence-corrected chi connectivity index (χ3v) is 5.01. The smallest absolute Gasteiger partial charge is 0.244 e. The maximum absolute atomic E-state index is 12.4. The zero-order valence-corrected chi connectivity index (χ0v) is 16.3. The van der Waals surface area contributed by atoms with Crippen molar-refractivity contribution in [1.29, 1.82) is 0 Å². The van der Waals surface area contributed by atoms with Crippen molar-refractivity contribution >= 4 is 29.2 Å². The summed E-state index contributed by atoms with van der Waals surface area (Å²) in [6.45, 7) is 4.27. The van der Waals surface area contributed by atoms with E-state index in [0.29, 0.717) is 6.54 Å². The molecule has 0 aliphatic heterocycles. The van der Waals surface area contributed by atoms with Crippen LogP contribution in [0.5, 0.6) is 5.75 Å². The van der Waals surface area contributed by atoms with Gasteiger partial charge >= 0.3 is 0 Å². The Morgan fingerprint density at radius 1 is 1.27 bits per heavy atom. The molecular weight excluding hydrogens is 348 g/mol. The van der Waals surface area contributed by atoms with Gasteiger partial charge in [-0.2, -0.15) is 0 Å². The van der Waals surface area contributed by atoms with Crippen molar-refractivity contribution in [3.63, 3.8) is 0 Å². The van der Waals surface area contributed by atoms with Crippen LogP contribution in [0.15, 0.2) is 41.8 Å². The average Bonchev–Trinajstić information content (AvgIpc) is 3.04. The fourth-order valence-corrected chi connectivity index (χ4v) is 3.36. The lowest BCUT2D eigenvalue weighted by molar-refractivity contribution is -0.134. The molecule has 0 radical (unpaired) electrons. The maximum Gasteiger partial charge on any atom is 0.244 e. The van der Waals surface area contributed by atoms with Crippen molar-refractivity contribution in [2.24, 2.45) is 0 Å². The van der Waals surface area contributed by atoms with Crippen LogP contribution in [0.2, 0.25) is 0 Å². The van der Waals surface area contributed by atoms with Crippen LogP contribution in [-0.2, 0) is 16.1 Å². The monoisotopic (exact) mass is 372 g/mol. The van der Waals surface area contributed by atoms with E-state index in [1.807, 2.05) is 42.6 Å². The number of methoxy groups -OCH3 is 1. The summed E-state index contributed by atoms with van der Waals surface area (Å²) in [6, 6.07) is 8.81. The first kappa shape index (κ1) is 19.7. The summed E-state index contributed by atoms with van der Waals surface area (Å²) in [5.41, 5.74) is 2.05. The number of likely N-dealkylation sites (N-methyl/N-ethyl adjacent to an activating group) is 1. The highest BCUT2D eigenvalue weighted by Crippen LogP contribution is 2.17.